The van der Waals surface area contributed by atoms with Crippen molar-refractivity contribution in [2.75, 3.05) is 6.61 Å². The number of rotatable bonds is 6. The van der Waals surface area contributed by atoms with Gasteiger partial charge in [-0.25, -0.2) is 0 Å². The van der Waals surface area contributed by atoms with Crippen molar-refractivity contribution in [3.05, 3.63) is 35.4 Å². The highest BCUT2D eigenvalue weighted by atomic mass is 16.3. The molecular formula is C14H23NO. The van der Waals surface area contributed by atoms with Crippen molar-refractivity contribution in [2.45, 2.75) is 39.8 Å². The van der Waals surface area contributed by atoms with Gasteiger partial charge in [0.2, 0.25) is 0 Å². The second-order valence-corrected chi connectivity index (χ2v) is 4.58. The molecule has 0 amide bonds. The van der Waals surface area contributed by atoms with Gasteiger partial charge in [0.25, 0.3) is 0 Å². The van der Waals surface area contributed by atoms with Gasteiger partial charge in [0.05, 0.1) is 6.61 Å². The Hall–Kier alpha value is -0.860. The molecule has 2 N–H and O–H groups in total. The van der Waals surface area contributed by atoms with E-state index < -0.39 is 0 Å². The second-order valence-electron chi connectivity index (χ2n) is 4.58. The number of hydrogen-bond acceptors (Lipinski definition) is 2. The van der Waals surface area contributed by atoms with Crippen LogP contribution < -0.4 is 5.32 Å². The van der Waals surface area contributed by atoms with E-state index in [-0.39, 0.29) is 12.6 Å². The largest absolute Gasteiger partial charge is 0.395 e. The smallest absolute Gasteiger partial charge is 0.0587 e. The summed E-state index contributed by atoms with van der Waals surface area (Å²) in [5.74, 6) is 0.458. The molecule has 1 aromatic rings. The zero-order valence-corrected chi connectivity index (χ0v) is 10.5. The zero-order valence-electron chi connectivity index (χ0n) is 10.5. The molecule has 0 spiro atoms. The Balaban J connectivity index is 2.47. The Bertz CT molecular complexity index is 292. The molecule has 0 unspecified atom stereocenters. The summed E-state index contributed by atoms with van der Waals surface area (Å²) in [7, 11) is 0. The van der Waals surface area contributed by atoms with E-state index in [4.69, 9.17) is 0 Å². The van der Waals surface area contributed by atoms with Crippen molar-refractivity contribution in [3.63, 3.8) is 0 Å². The molecule has 1 atom stereocenters. The molecule has 0 saturated heterocycles. The molecular weight excluding hydrogens is 198 g/mol. The Morgan fingerprint density at radius 2 is 1.69 bits per heavy atom. The van der Waals surface area contributed by atoms with E-state index in [0.29, 0.717) is 5.92 Å². The van der Waals surface area contributed by atoms with E-state index in [1.54, 1.807) is 0 Å². The van der Waals surface area contributed by atoms with E-state index in [1.165, 1.54) is 11.1 Å². The summed E-state index contributed by atoms with van der Waals surface area (Å²) in [5, 5.41) is 12.6. The number of hydrogen-bond donors (Lipinski definition) is 2. The Morgan fingerprint density at radius 1 is 1.12 bits per heavy atom. The van der Waals surface area contributed by atoms with E-state index >= 15 is 0 Å². The van der Waals surface area contributed by atoms with Crippen LogP contribution in [0.5, 0.6) is 0 Å². The number of aliphatic hydroxyl groups is 1. The minimum Gasteiger partial charge on any atom is -0.395 e. The Morgan fingerprint density at radius 3 is 2.12 bits per heavy atom. The fourth-order valence-electron chi connectivity index (χ4n) is 1.65. The minimum absolute atomic E-state index is 0.186. The molecule has 16 heavy (non-hydrogen) atoms. The van der Waals surface area contributed by atoms with Crippen molar-refractivity contribution in [1.82, 2.24) is 5.32 Å². The maximum absolute atomic E-state index is 9.19. The molecule has 2 nitrogen and oxygen atoms in total. The summed E-state index contributed by atoms with van der Waals surface area (Å²) in [6, 6.07) is 8.83. The SMILES string of the molecule is CCc1ccc(CN[C@H](CO)C(C)C)cc1. The van der Waals surface area contributed by atoms with Crippen LogP contribution in [0.4, 0.5) is 0 Å². The summed E-state index contributed by atoms with van der Waals surface area (Å²) < 4.78 is 0. The van der Waals surface area contributed by atoms with Crippen molar-refractivity contribution < 1.29 is 5.11 Å². The standard InChI is InChI=1S/C14H23NO/c1-4-12-5-7-13(8-6-12)9-15-14(10-16)11(2)3/h5-8,11,14-16H,4,9-10H2,1-3H3/t14-/m1/s1. The molecule has 2 heteroatoms. The molecule has 90 valence electrons. The molecule has 0 aromatic heterocycles. The van der Waals surface area contributed by atoms with E-state index in [0.717, 1.165) is 13.0 Å². The molecule has 0 heterocycles. The summed E-state index contributed by atoms with van der Waals surface area (Å²) in [6.45, 7) is 7.42. The Kier molecular flexibility index (Phi) is 5.50. The lowest BCUT2D eigenvalue weighted by molar-refractivity contribution is 0.210. The molecule has 0 aliphatic rings. The van der Waals surface area contributed by atoms with Gasteiger partial charge in [-0.3, -0.25) is 0 Å². The summed E-state index contributed by atoms with van der Waals surface area (Å²) in [4.78, 5) is 0. The van der Waals surface area contributed by atoms with Crippen molar-refractivity contribution in [2.24, 2.45) is 5.92 Å². The first-order valence-corrected chi connectivity index (χ1v) is 6.09. The van der Waals surface area contributed by atoms with E-state index in [9.17, 15) is 5.11 Å². The number of aliphatic hydroxyl groups excluding tert-OH is 1. The third-order valence-corrected chi connectivity index (χ3v) is 3.00. The van der Waals surface area contributed by atoms with Crippen LogP contribution in [0.2, 0.25) is 0 Å². The van der Waals surface area contributed by atoms with E-state index in [2.05, 4.69) is 50.4 Å². The summed E-state index contributed by atoms with van der Waals surface area (Å²) >= 11 is 0. The van der Waals surface area contributed by atoms with Gasteiger partial charge < -0.3 is 10.4 Å². The highest BCUT2D eigenvalue weighted by Gasteiger charge is 2.10. The number of aryl methyl sites for hydroxylation is 1. The topological polar surface area (TPSA) is 32.3 Å². The van der Waals surface area contributed by atoms with Crippen LogP contribution in [0.25, 0.3) is 0 Å². The molecule has 0 fully saturated rings. The van der Waals surface area contributed by atoms with Crippen molar-refractivity contribution in [1.29, 1.82) is 0 Å². The van der Waals surface area contributed by atoms with Crippen molar-refractivity contribution in [3.8, 4) is 0 Å². The maximum atomic E-state index is 9.19. The highest BCUT2D eigenvalue weighted by molar-refractivity contribution is 5.22. The molecule has 0 bridgehead atoms. The molecule has 1 rings (SSSR count). The van der Waals surface area contributed by atoms with Gasteiger partial charge in [-0.15, -0.1) is 0 Å². The lowest BCUT2D eigenvalue weighted by Gasteiger charge is -2.20. The van der Waals surface area contributed by atoms with Crippen LogP contribution in [0.15, 0.2) is 24.3 Å². The average molecular weight is 221 g/mol. The van der Waals surface area contributed by atoms with Gasteiger partial charge >= 0.3 is 0 Å². The molecule has 0 saturated carbocycles. The maximum Gasteiger partial charge on any atom is 0.0587 e. The molecule has 1 aromatic carbocycles. The molecule has 0 radical (unpaired) electrons. The average Bonchev–Trinajstić information content (AvgIpc) is 2.30. The number of nitrogens with one attached hydrogen (secondary N) is 1. The first kappa shape index (κ1) is 13.2. The fourth-order valence-corrected chi connectivity index (χ4v) is 1.65. The van der Waals surface area contributed by atoms with Gasteiger partial charge in [-0.1, -0.05) is 45.0 Å². The summed E-state index contributed by atoms with van der Waals surface area (Å²) in [5.41, 5.74) is 2.64. The normalized spacial score (nSPS) is 13.1. The summed E-state index contributed by atoms with van der Waals surface area (Å²) in [6.07, 6.45) is 1.08. The first-order valence-electron chi connectivity index (χ1n) is 6.09. The predicted molar refractivity (Wildman–Crippen MR) is 68.4 cm³/mol. The quantitative estimate of drug-likeness (QED) is 0.773. The van der Waals surface area contributed by atoms with Crippen LogP contribution in [0.1, 0.15) is 31.9 Å². The first-order chi connectivity index (χ1) is 7.67. The van der Waals surface area contributed by atoms with Gasteiger partial charge in [-0.2, -0.15) is 0 Å². The lowest BCUT2D eigenvalue weighted by Crippen LogP contribution is -2.36. The molecule has 0 aliphatic heterocycles. The van der Waals surface area contributed by atoms with E-state index in [1.807, 2.05) is 0 Å². The van der Waals surface area contributed by atoms with Gasteiger partial charge in [0, 0.05) is 12.6 Å². The molecule has 0 aliphatic carbocycles. The van der Waals surface area contributed by atoms with Gasteiger partial charge in [0.15, 0.2) is 0 Å². The van der Waals surface area contributed by atoms with Crippen LogP contribution in [-0.2, 0) is 13.0 Å². The van der Waals surface area contributed by atoms with Crippen LogP contribution >= 0.6 is 0 Å². The van der Waals surface area contributed by atoms with Gasteiger partial charge in [0.1, 0.15) is 0 Å². The second kappa shape index (κ2) is 6.66. The van der Waals surface area contributed by atoms with Crippen LogP contribution in [0.3, 0.4) is 0 Å². The lowest BCUT2D eigenvalue weighted by atomic mass is 10.0. The zero-order chi connectivity index (χ0) is 12.0. The van der Waals surface area contributed by atoms with Crippen LogP contribution in [-0.4, -0.2) is 17.8 Å². The van der Waals surface area contributed by atoms with Crippen molar-refractivity contribution >= 4 is 0 Å². The third-order valence-electron chi connectivity index (χ3n) is 3.00. The third kappa shape index (κ3) is 3.95. The highest BCUT2D eigenvalue weighted by Crippen LogP contribution is 2.06. The monoisotopic (exact) mass is 221 g/mol. The predicted octanol–water partition coefficient (Wildman–Crippen LogP) is 2.36. The van der Waals surface area contributed by atoms with Crippen LogP contribution in [0, 0.1) is 5.92 Å². The van der Waals surface area contributed by atoms with Gasteiger partial charge in [-0.05, 0) is 23.5 Å². The fraction of sp³-hybridized carbons (Fsp3) is 0.571. The number of benzene rings is 1. The Labute approximate surface area is 98.7 Å². The minimum atomic E-state index is 0.186.